The zero-order valence-electron chi connectivity index (χ0n) is 14.9. The van der Waals surface area contributed by atoms with Gasteiger partial charge in [0.2, 0.25) is 0 Å². The summed E-state index contributed by atoms with van der Waals surface area (Å²) in [5.41, 5.74) is 3.23. The zero-order chi connectivity index (χ0) is 16.1. The largest absolute Gasteiger partial charge is 0.353 e. The Bertz CT molecular complexity index is 452. The number of fused-ring (bicyclic) bond motifs is 1. The van der Waals surface area contributed by atoms with Crippen molar-refractivity contribution in [2.24, 2.45) is 4.99 Å². The third-order valence-corrected chi connectivity index (χ3v) is 6.33. The van der Waals surface area contributed by atoms with Crippen LogP contribution in [-0.2, 0) is 0 Å². The molecule has 1 saturated carbocycles. The average Bonchev–Trinajstić information content (AvgIpc) is 2.57. The average molecular weight is 336 g/mol. The summed E-state index contributed by atoms with van der Waals surface area (Å²) >= 11 is 1.95. The molecule has 0 aromatic rings. The molecule has 0 saturated heterocycles. The number of aliphatic imine (C=N–C) groups is 1. The Morgan fingerprint density at radius 2 is 2.00 bits per heavy atom. The number of hydrogen-bond donors (Lipinski definition) is 1. The van der Waals surface area contributed by atoms with Crippen LogP contribution in [0.4, 0.5) is 0 Å². The van der Waals surface area contributed by atoms with Gasteiger partial charge in [-0.25, -0.2) is 4.99 Å². The van der Waals surface area contributed by atoms with Gasteiger partial charge in [-0.15, -0.1) is 0 Å². The van der Waals surface area contributed by atoms with Crippen LogP contribution in [-0.4, -0.2) is 48.0 Å². The summed E-state index contributed by atoms with van der Waals surface area (Å²) in [4.78, 5) is 7.71. The first-order valence-electron chi connectivity index (χ1n) is 9.54. The molecule has 1 atom stereocenters. The van der Waals surface area contributed by atoms with Crippen molar-refractivity contribution in [3.05, 3.63) is 11.1 Å². The lowest BCUT2D eigenvalue weighted by atomic mass is 9.87. The Balaban J connectivity index is 1.72. The Labute approximate surface area is 146 Å². The van der Waals surface area contributed by atoms with Gasteiger partial charge in [-0.1, -0.05) is 24.8 Å². The van der Waals surface area contributed by atoms with Crippen molar-refractivity contribution in [3.63, 3.8) is 0 Å². The number of nitrogens with one attached hydrogen (secondary N) is 1. The number of guanidine groups is 1. The Kier molecular flexibility index (Phi) is 6.32. The SMILES string of the molecule is CSCCCN1CC2=C(C)CCCC2N=C1NC1CCCCC1. The van der Waals surface area contributed by atoms with E-state index in [-0.39, 0.29) is 0 Å². The maximum atomic E-state index is 5.18. The van der Waals surface area contributed by atoms with Gasteiger partial charge in [-0.2, -0.15) is 11.8 Å². The van der Waals surface area contributed by atoms with Crippen LogP contribution in [0.1, 0.15) is 64.7 Å². The Morgan fingerprint density at radius 1 is 1.17 bits per heavy atom. The minimum absolute atomic E-state index is 0.464. The predicted molar refractivity (Wildman–Crippen MR) is 102 cm³/mol. The lowest BCUT2D eigenvalue weighted by Crippen LogP contribution is -2.51. The van der Waals surface area contributed by atoms with Crippen LogP contribution in [0.15, 0.2) is 16.1 Å². The molecule has 0 spiro atoms. The van der Waals surface area contributed by atoms with Gasteiger partial charge in [0.15, 0.2) is 5.96 Å². The summed E-state index contributed by atoms with van der Waals surface area (Å²) < 4.78 is 0. The highest BCUT2D eigenvalue weighted by atomic mass is 32.2. The maximum Gasteiger partial charge on any atom is 0.195 e. The predicted octanol–water partition coefficient (Wildman–Crippen LogP) is 4.20. The molecule has 4 heteroatoms. The fraction of sp³-hybridized carbons (Fsp3) is 0.842. The minimum Gasteiger partial charge on any atom is -0.353 e. The summed E-state index contributed by atoms with van der Waals surface area (Å²) in [7, 11) is 0. The highest BCUT2D eigenvalue weighted by molar-refractivity contribution is 7.98. The van der Waals surface area contributed by atoms with E-state index in [9.17, 15) is 0 Å². The van der Waals surface area contributed by atoms with Gasteiger partial charge in [0.1, 0.15) is 0 Å². The molecule has 1 N–H and O–H groups in total. The number of hydrogen-bond acceptors (Lipinski definition) is 4. The number of nitrogens with zero attached hydrogens (tertiary/aromatic N) is 2. The molecule has 23 heavy (non-hydrogen) atoms. The standard InChI is InChI=1S/C19H33N3S/c1-15-8-6-11-18-17(15)14-22(12-7-13-23-2)19(21-18)20-16-9-4-3-5-10-16/h16,18H,3-14H2,1-2H3,(H,20,21). The number of thioether (sulfide) groups is 1. The Morgan fingerprint density at radius 3 is 2.78 bits per heavy atom. The quantitative estimate of drug-likeness (QED) is 0.603. The molecule has 3 aliphatic rings. The summed E-state index contributed by atoms with van der Waals surface area (Å²) in [5, 5.41) is 3.83. The van der Waals surface area contributed by atoms with Crippen molar-refractivity contribution >= 4 is 17.7 Å². The second-order valence-corrected chi connectivity index (χ2v) is 8.40. The third kappa shape index (κ3) is 4.46. The number of allylic oxidation sites excluding steroid dienone is 1. The fourth-order valence-corrected chi connectivity index (χ4v) is 4.63. The molecular formula is C19H33N3S. The van der Waals surface area contributed by atoms with E-state index in [0.717, 1.165) is 13.1 Å². The topological polar surface area (TPSA) is 27.6 Å². The summed E-state index contributed by atoms with van der Waals surface area (Å²) in [6, 6.07) is 1.12. The van der Waals surface area contributed by atoms with E-state index in [0.29, 0.717) is 12.1 Å². The molecule has 2 aliphatic carbocycles. The van der Waals surface area contributed by atoms with Gasteiger partial charge in [-0.3, -0.25) is 0 Å². The van der Waals surface area contributed by atoms with Crippen molar-refractivity contribution in [1.82, 2.24) is 10.2 Å². The lowest BCUT2D eigenvalue weighted by molar-refractivity contribution is 0.353. The van der Waals surface area contributed by atoms with Gasteiger partial charge < -0.3 is 10.2 Å². The molecule has 0 aromatic carbocycles. The van der Waals surface area contributed by atoms with Crippen molar-refractivity contribution in [1.29, 1.82) is 0 Å². The van der Waals surface area contributed by atoms with E-state index in [2.05, 4.69) is 23.4 Å². The van der Waals surface area contributed by atoms with Crippen LogP contribution in [0.25, 0.3) is 0 Å². The van der Waals surface area contributed by atoms with Crippen LogP contribution in [0, 0.1) is 0 Å². The third-order valence-electron chi connectivity index (χ3n) is 5.63. The van der Waals surface area contributed by atoms with Crippen LogP contribution in [0.2, 0.25) is 0 Å². The Hall–Kier alpha value is -0.640. The monoisotopic (exact) mass is 335 g/mol. The first kappa shape index (κ1) is 17.2. The number of rotatable bonds is 5. The van der Waals surface area contributed by atoms with Gasteiger partial charge >= 0.3 is 0 Å². The zero-order valence-corrected chi connectivity index (χ0v) is 15.8. The van der Waals surface area contributed by atoms with E-state index in [1.165, 1.54) is 69.5 Å². The molecule has 0 radical (unpaired) electrons. The molecule has 3 rings (SSSR count). The van der Waals surface area contributed by atoms with E-state index < -0.39 is 0 Å². The summed E-state index contributed by atoms with van der Waals surface area (Å²) in [5.74, 6) is 2.45. The molecule has 1 heterocycles. The molecule has 1 fully saturated rings. The summed E-state index contributed by atoms with van der Waals surface area (Å²) in [6.45, 7) is 4.59. The first-order chi connectivity index (χ1) is 11.3. The smallest absolute Gasteiger partial charge is 0.195 e. The molecule has 130 valence electrons. The van der Waals surface area contributed by atoms with Crippen LogP contribution < -0.4 is 5.32 Å². The van der Waals surface area contributed by atoms with E-state index >= 15 is 0 Å². The summed E-state index contributed by atoms with van der Waals surface area (Å²) in [6.07, 6.45) is 14.1. The molecule has 3 nitrogen and oxygen atoms in total. The highest BCUT2D eigenvalue weighted by Gasteiger charge is 2.30. The van der Waals surface area contributed by atoms with Crippen molar-refractivity contribution < 1.29 is 0 Å². The van der Waals surface area contributed by atoms with Gasteiger partial charge in [0, 0.05) is 19.1 Å². The maximum absolute atomic E-state index is 5.18. The molecular weight excluding hydrogens is 302 g/mol. The highest BCUT2D eigenvalue weighted by Crippen LogP contribution is 2.31. The normalized spacial score (nSPS) is 26.1. The van der Waals surface area contributed by atoms with Crippen LogP contribution >= 0.6 is 11.8 Å². The second-order valence-electron chi connectivity index (χ2n) is 7.41. The first-order valence-corrected chi connectivity index (χ1v) is 10.9. The molecule has 1 unspecified atom stereocenters. The van der Waals surface area contributed by atoms with Gasteiger partial charge in [0.25, 0.3) is 0 Å². The van der Waals surface area contributed by atoms with Crippen LogP contribution in [0.3, 0.4) is 0 Å². The molecule has 0 amide bonds. The lowest BCUT2D eigenvalue weighted by Gasteiger charge is -2.39. The molecule has 0 bridgehead atoms. The van der Waals surface area contributed by atoms with Gasteiger partial charge in [0.05, 0.1) is 6.04 Å². The van der Waals surface area contributed by atoms with Crippen molar-refractivity contribution in [2.45, 2.75) is 76.8 Å². The van der Waals surface area contributed by atoms with E-state index in [1.807, 2.05) is 11.8 Å². The van der Waals surface area contributed by atoms with E-state index in [1.54, 1.807) is 11.1 Å². The van der Waals surface area contributed by atoms with Crippen molar-refractivity contribution in [2.75, 3.05) is 25.1 Å². The minimum atomic E-state index is 0.464. The van der Waals surface area contributed by atoms with E-state index in [4.69, 9.17) is 4.99 Å². The van der Waals surface area contributed by atoms with Gasteiger partial charge in [-0.05, 0) is 63.0 Å². The molecule has 0 aromatic heterocycles. The van der Waals surface area contributed by atoms with Crippen molar-refractivity contribution in [3.8, 4) is 0 Å². The second kappa shape index (κ2) is 8.46. The molecule has 1 aliphatic heterocycles. The van der Waals surface area contributed by atoms with Crippen LogP contribution in [0.5, 0.6) is 0 Å². The fourth-order valence-electron chi connectivity index (χ4n) is 4.22.